The van der Waals surface area contributed by atoms with Crippen molar-refractivity contribution in [2.24, 2.45) is 0 Å². The van der Waals surface area contributed by atoms with Crippen LogP contribution in [-0.2, 0) is 9.59 Å². The van der Waals surface area contributed by atoms with Gasteiger partial charge in [-0.1, -0.05) is 42.5 Å². The van der Waals surface area contributed by atoms with E-state index < -0.39 is 0 Å². The average Bonchev–Trinajstić information content (AvgIpc) is 2.49. The van der Waals surface area contributed by atoms with Crippen LogP contribution >= 0.6 is 15.9 Å². The Hall–Kier alpha value is -2.40. The number of carbonyl (C=O) groups is 2. The fourth-order valence-electron chi connectivity index (χ4n) is 1.82. The molecule has 0 aromatic heterocycles. The Morgan fingerprint density at radius 1 is 1.00 bits per heavy atom. The highest BCUT2D eigenvalue weighted by Gasteiger charge is 2.12. The Labute approximate surface area is 137 Å². The molecule has 0 aliphatic rings. The van der Waals surface area contributed by atoms with Crippen LogP contribution in [0.3, 0.4) is 0 Å². The van der Waals surface area contributed by atoms with Crippen LogP contribution in [0.15, 0.2) is 64.8 Å². The molecule has 112 valence electrons. The smallest absolute Gasteiger partial charge is 0.272 e. The van der Waals surface area contributed by atoms with Gasteiger partial charge in [-0.3, -0.25) is 9.59 Å². The Balaban J connectivity index is 2.26. The molecule has 5 heteroatoms. The van der Waals surface area contributed by atoms with E-state index in [4.69, 9.17) is 0 Å². The summed E-state index contributed by atoms with van der Waals surface area (Å²) in [5.41, 5.74) is 1.65. The minimum atomic E-state index is -0.383. The van der Waals surface area contributed by atoms with Gasteiger partial charge < -0.3 is 10.6 Å². The zero-order valence-electron chi connectivity index (χ0n) is 12.0. The van der Waals surface area contributed by atoms with Crippen molar-refractivity contribution in [1.29, 1.82) is 0 Å². The fraction of sp³-hybridized carbons (Fsp3) is 0.0588. The van der Waals surface area contributed by atoms with Gasteiger partial charge in [-0.25, -0.2) is 0 Å². The number of hydrogen-bond donors (Lipinski definition) is 2. The van der Waals surface area contributed by atoms with Crippen molar-refractivity contribution in [3.8, 4) is 0 Å². The van der Waals surface area contributed by atoms with Gasteiger partial charge in [-0.15, -0.1) is 0 Å². The largest absolute Gasteiger partial charge is 0.322 e. The first-order chi connectivity index (χ1) is 10.6. The Morgan fingerprint density at radius 3 is 2.27 bits per heavy atom. The highest BCUT2D eigenvalue weighted by molar-refractivity contribution is 9.10. The zero-order chi connectivity index (χ0) is 15.9. The van der Waals surface area contributed by atoms with E-state index in [0.29, 0.717) is 5.69 Å². The van der Waals surface area contributed by atoms with Gasteiger partial charge in [0.15, 0.2) is 0 Å². The van der Waals surface area contributed by atoms with Gasteiger partial charge in [0.1, 0.15) is 5.70 Å². The van der Waals surface area contributed by atoms with Gasteiger partial charge in [0.25, 0.3) is 5.91 Å². The number of para-hydroxylation sites is 1. The Bertz CT molecular complexity index is 712. The highest BCUT2D eigenvalue weighted by Crippen LogP contribution is 2.21. The number of amides is 2. The SMILES string of the molecule is CC(=O)N/C(=C\c1ccccc1)C(=O)Nc1ccccc1Br. The average molecular weight is 359 g/mol. The van der Waals surface area contributed by atoms with Crippen LogP contribution in [0.4, 0.5) is 5.69 Å². The summed E-state index contributed by atoms with van der Waals surface area (Å²) in [7, 11) is 0. The third-order valence-electron chi connectivity index (χ3n) is 2.79. The van der Waals surface area contributed by atoms with E-state index in [-0.39, 0.29) is 17.5 Å². The summed E-state index contributed by atoms with van der Waals surface area (Å²) in [5, 5.41) is 5.33. The van der Waals surface area contributed by atoms with E-state index in [1.165, 1.54) is 6.92 Å². The molecule has 0 atom stereocenters. The van der Waals surface area contributed by atoms with E-state index in [1.807, 2.05) is 48.5 Å². The van der Waals surface area contributed by atoms with E-state index in [0.717, 1.165) is 10.0 Å². The number of hydrogen-bond acceptors (Lipinski definition) is 2. The van der Waals surface area contributed by atoms with Crippen LogP contribution in [-0.4, -0.2) is 11.8 Å². The number of carbonyl (C=O) groups excluding carboxylic acids is 2. The van der Waals surface area contributed by atoms with Gasteiger partial charge in [0, 0.05) is 11.4 Å². The molecule has 0 aliphatic carbocycles. The van der Waals surface area contributed by atoms with Crippen molar-refractivity contribution < 1.29 is 9.59 Å². The minimum absolute atomic E-state index is 0.189. The van der Waals surface area contributed by atoms with Crippen molar-refractivity contribution in [2.75, 3.05) is 5.32 Å². The van der Waals surface area contributed by atoms with Crippen molar-refractivity contribution >= 4 is 39.5 Å². The number of rotatable bonds is 4. The molecule has 0 radical (unpaired) electrons. The standard InChI is InChI=1S/C17H15BrN2O2/c1-12(21)19-16(11-13-7-3-2-4-8-13)17(22)20-15-10-6-5-9-14(15)18/h2-11H,1H3,(H,19,21)(H,20,22)/b16-11-. The van der Waals surface area contributed by atoms with Gasteiger partial charge in [-0.05, 0) is 39.7 Å². The summed E-state index contributed by atoms with van der Waals surface area (Å²) in [5.74, 6) is -0.685. The molecular formula is C17H15BrN2O2. The molecule has 2 aromatic carbocycles. The monoisotopic (exact) mass is 358 g/mol. The molecule has 0 bridgehead atoms. The van der Waals surface area contributed by atoms with Crippen molar-refractivity contribution in [3.63, 3.8) is 0 Å². The normalized spacial score (nSPS) is 10.9. The molecule has 0 heterocycles. The minimum Gasteiger partial charge on any atom is -0.322 e. The molecule has 2 aromatic rings. The van der Waals surface area contributed by atoms with Crippen LogP contribution in [0.5, 0.6) is 0 Å². The molecule has 0 unspecified atom stereocenters. The molecule has 2 amide bonds. The molecule has 0 fully saturated rings. The lowest BCUT2D eigenvalue weighted by molar-refractivity contribution is -0.120. The summed E-state index contributed by atoms with van der Waals surface area (Å²) < 4.78 is 0.769. The van der Waals surface area contributed by atoms with Crippen LogP contribution in [0.25, 0.3) is 6.08 Å². The predicted octanol–water partition coefficient (Wildman–Crippen LogP) is 3.56. The molecule has 22 heavy (non-hydrogen) atoms. The number of nitrogens with one attached hydrogen (secondary N) is 2. The van der Waals surface area contributed by atoms with Gasteiger partial charge >= 0.3 is 0 Å². The third-order valence-corrected chi connectivity index (χ3v) is 3.48. The lowest BCUT2D eigenvalue weighted by atomic mass is 10.2. The maximum absolute atomic E-state index is 12.4. The van der Waals surface area contributed by atoms with E-state index in [9.17, 15) is 9.59 Å². The first-order valence-corrected chi connectivity index (χ1v) is 7.46. The Morgan fingerprint density at radius 2 is 1.64 bits per heavy atom. The van der Waals surface area contributed by atoms with E-state index >= 15 is 0 Å². The van der Waals surface area contributed by atoms with Crippen LogP contribution in [0.2, 0.25) is 0 Å². The summed E-state index contributed by atoms with van der Waals surface area (Å²) in [6, 6.07) is 16.6. The van der Waals surface area contributed by atoms with Crippen molar-refractivity contribution in [2.45, 2.75) is 6.92 Å². The fourth-order valence-corrected chi connectivity index (χ4v) is 2.20. The number of benzene rings is 2. The van der Waals surface area contributed by atoms with E-state index in [2.05, 4.69) is 26.6 Å². The number of halogens is 1. The molecule has 2 rings (SSSR count). The summed E-state index contributed by atoms with van der Waals surface area (Å²) in [6.07, 6.45) is 1.63. The first kappa shape index (κ1) is 16.0. The van der Waals surface area contributed by atoms with Crippen molar-refractivity contribution in [1.82, 2.24) is 5.32 Å². The van der Waals surface area contributed by atoms with Crippen molar-refractivity contribution in [3.05, 3.63) is 70.3 Å². The maximum Gasteiger partial charge on any atom is 0.272 e. The zero-order valence-corrected chi connectivity index (χ0v) is 13.6. The molecule has 0 saturated heterocycles. The van der Waals surface area contributed by atoms with Gasteiger partial charge in [0.2, 0.25) is 5.91 Å². The second-order valence-electron chi connectivity index (χ2n) is 4.58. The third kappa shape index (κ3) is 4.56. The molecular weight excluding hydrogens is 344 g/mol. The molecule has 2 N–H and O–H groups in total. The predicted molar refractivity (Wildman–Crippen MR) is 91.0 cm³/mol. The topological polar surface area (TPSA) is 58.2 Å². The summed E-state index contributed by atoms with van der Waals surface area (Å²) in [6.45, 7) is 1.37. The van der Waals surface area contributed by atoms with Crippen LogP contribution in [0.1, 0.15) is 12.5 Å². The first-order valence-electron chi connectivity index (χ1n) is 6.66. The highest BCUT2D eigenvalue weighted by atomic mass is 79.9. The number of anilines is 1. The second-order valence-corrected chi connectivity index (χ2v) is 5.44. The lowest BCUT2D eigenvalue weighted by Gasteiger charge is -2.11. The molecule has 4 nitrogen and oxygen atoms in total. The molecule has 0 spiro atoms. The van der Waals surface area contributed by atoms with Gasteiger partial charge in [0.05, 0.1) is 5.69 Å². The summed E-state index contributed by atoms with van der Waals surface area (Å²) in [4.78, 5) is 23.7. The second kappa shape index (κ2) is 7.56. The van der Waals surface area contributed by atoms with Gasteiger partial charge in [-0.2, -0.15) is 0 Å². The maximum atomic E-state index is 12.4. The molecule has 0 aliphatic heterocycles. The van der Waals surface area contributed by atoms with Crippen LogP contribution < -0.4 is 10.6 Å². The quantitative estimate of drug-likeness (QED) is 0.820. The lowest BCUT2D eigenvalue weighted by Crippen LogP contribution is -2.29. The summed E-state index contributed by atoms with van der Waals surface area (Å²) >= 11 is 3.37. The molecule has 0 saturated carbocycles. The van der Waals surface area contributed by atoms with E-state index in [1.54, 1.807) is 12.1 Å². The Kier molecular flexibility index (Phi) is 5.49. The van der Waals surface area contributed by atoms with Crippen LogP contribution in [0, 0.1) is 0 Å².